The molecule has 0 saturated carbocycles. The fourth-order valence-corrected chi connectivity index (χ4v) is 5.22. The second kappa shape index (κ2) is 9.19. The molecule has 0 aromatic heterocycles. The Morgan fingerprint density at radius 3 is 2.71 bits per heavy atom. The lowest BCUT2D eigenvalue weighted by molar-refractivity contribution is 0.353. The van der Waals surface area contributed by atoms with Crippen molar-refractivity contribution in [2.24, 2.45) is 4.99 Å². The van der Waals surface area contributed by atoms with Gasteiger partial charge in [-0.2, -0.15) is 0 Å². The van der Waals surface area contributed by atoms with E-state index >= 15 is 0 Å². The summed E-state index contributed by atoms with van der Waals surface area (Å²) in [5.74, 6) is 0.977. The number of hydrogen-bond donors (Lipinski definition) is 1. The zero-order valence-corrected chi connectivity index (χ0v) is 20.5. The average molecular weight is 520 g/mol. The van der Waals surface area contributed by atoms with E-state index in [1.54, 1.807) is 13.8 Å². The highest BCUT2D eigenvalue weighted by atomic mass is 127. The van der Waals surface area contributed by atoms with Gasteiger partial charge in [0.25, 0.3) is 0 Å². The quantitative estimate of drug-likeness (QED) is 0.377. The molecule has 6 nitrogen and oxygen atoms in total. The smallest absolute Gasteiger partial charge is 0.194 e. The number of fused-ring (bicyclic) bond motifs is 1. The van der Waals surface area contributed by atoms with E-state index in [-0.39, 0.29) is 29.7 Å². The minimum Gasteiger partial charge on any atom is -0.374 e. The van der Waals surface area contributed by atoms with E-state index in [4.69, 9.17) is 4.99 Å². The fraction of sp³-hybridized carbons (Fsp3) is 0.650. The van der Waals surface area contributed by atoms with Gasteiger partial charge in [0.05, 0.1) is 17.0 Å². The summed E-state index contributed by atoms with van der Waals surface area (Å²) < 4.78 is 23.8. The molecule has 2 aliphatic heterocycles. The maximum absolute atomic E-state index is 12.3. The average Bonchev–Trinajstić information content (AvgIpc) is 2.61. The highest BCUT2D eigenvalue weighted by Crippen LogP contribution is 2.27. The van der Waals surface area contributed by atoms with Crippen molar-refractivity contribution in [3.8, 4) is 0 Å². The van der Waals surface area contributed by atoms with Gasteiger partial charge in [-0.15, -0.1) is 24.0 Å². The number of sulfone groups is 1. The SMILES string of the molecule is CCNC(=NCc1ccc2c(c1)CCCN2C)N1CCS(=O)(=O)C(C)(C)C1.I. The minimum atomic E-state index is -3.05. The van der Waals surface area contributed by atoms with Crippen LogP contribution in [-0.4, -0.2) is 63.0 Å². The van der Waals surface area contributed by atoms with Crippen LogP contribution in [0.25, 0.3) is 0 Å². The molecule has 0 aliphatic carbocycles. The molecule has 3 rings (SSSR count). The van der Waals surface area contributed by atoms with Crippen LogP contribution in [0.5, 0.6) is 0 Å². The molecular formula is C20H33IN4O2S. The highest BCUT2D eigenvalue weighted by molar-refractivity contribution is 14.0. The Kier molecular flexibility index (Phi) is 7.63. The van der Waals surface area contributed by atoms with Crippen molar-refractivity contribution in [2.45, 2.75) is 44.9 Å². The lowest BCUT2D eigenvalue weighted by Crippen LogP contribution is -2.57. The van der Waals surface area contributed by atoms with Gasteiger partial charge >= 0.3 is 0 Å². The number of nitrogens with zero attached hydrogens (tertiary/aromatic N) is 3. The van der Waals surface area contributed by atoms with E-state index in [9.17, 15) is 8.42 Å². The van der Waals surface area contributed by atoms with Crippen molar-refractivity contribution in [3.05, 3.63) is 29.3 Å². The third-order valence-corrected chi connectivity index (χ3v) is 8.12. The Bertz CT molecular complexity index is 823. The van der Waals surface area contributed by atoms with E-state index in [0.717, 1.165) is 25.5 Å². The van der Waals surface area contributed by atoms with Crippen LogP contribution >= 0.6 is 24.0 Å². The van der Waals surface area contributed by atoms with E-state index in [2.05, 4.69) is 40.4 Å². The van der Waals surface area contributed by atoms with Crippen molar-refractivity contribution < 1.29 is 8.42 Å². The van der Waals surface area contributed by atoms with Crippen LogP contribution in [0.2, 0.25) is 0 Å². The maximum atomic E-state index is 12.3. The molecule has 1 aromatic carbocycles. The summed E-state index contributed by atoms with van der Waals surface area (Å²) in [4.78, 5) is 9.20. The van der Waals surface area contributed by atoms with Crippen molar-refractivity contribution >= 4 is 45.5 Å². The number of hydrogen-bond acceptors (Lipinski definition) is 4. The monoisotopic (exact) mass is 520 g/mol. The molecule has 8 heteroatoms. The first kappa shape index (κ1) is 23.3. The summed E-state index contributed by atoms with van der Waals surface area (Å²) in [7, 11) is -0.910. The summed E-state index contributed by atoms with van der Waals surface area (Å²) >= 11 is 0. The zero-order chi connectivity index (χ0) is 19.7. The van der Waals surface area contributed by atoms with Gasteiger partial charge < -0.3 is 15.1 Å². The molecule has 0 bridgehead atoms. The molecule has 0 spiro atoms. The van der Waals surface area contributed by atoms with E-state index in [1.807, 2.05) is 6.92 Å². The Balaban J connectivity index is 0.00000280. The molecule has 1 fully saturated rings. The predicted octanol–water partition coefficient (Wildman–Crippen LogP) is 2.66. The van der Waals surface area contributed by atoms with Crippen molar-refractivity contribution in [1.29, 1.82) is 0 Å². The van der Waals surface area contributed by atoms with E-state index in [0.29, 0.717) is 19.6 Å². The number of rotatable bonds is 3. The summed E-state index contributed by atoms with van der Waals surface area (Å²) in [5.41, 5.74) is 3.92. The molecule has 0 radical (unpaired) electrons. The van der Waals surface area contributed by atoms with Gasteiger partial charge in [0.15, 0.2) is 15.8 Å². The van der Waals surface area contributed by atoms with Crippen LogP contribution in [0.4, 0.5) is 5.69 Å². The van der Waals surface area contributed by atoms with Crippen molar-refractivity contribution in [2.75, 3.05) is 43.9 Å². The van der Waals surface area contributed by atoms with Gasteiger partial charge in [-0.1, -0.05) is 12.1 Å². The van der Waals surface area contributed by atoms with Gasteiger partial charge in [-0.05, 0) is 50.8 Å². The first-order valence-corrected chi connectivity index (χ1v) is 11.5. The lowest BCUT2D eigenvalue weighted by atomic mass is 10.00. The van der Waals surface area contributed by atoms with E-state index < -0.39 is 14.6 Å². The second-order valence-corrected chi connectivity index (χ2v) is 10.9. The summed E-state index contributed by atoms with van der Waals surface area (Å²) in [6.07, 6.45) is 2.31. The Labute approximate surface area is 186 Å². The topological polar surface area (TPSA) is 65.0 Å². The number of aliphatic imine (C=N–C) groups is 1. The van der Waals surface area contributed by atoms with Gasteiger partial charge in [0.1, 0.15) is 0 Å². The van der Waals surface area contributed by atoms with Crippen LogP contribution in [0.3, 0.4) is 0 Å². The van der Waals surface area contributed by atoms with Gasteiger partial charge in [0, 0.05) is 38.9 Å². The number of benzene rings is 1. The van der Waals surface area contributed by atoms with Crippen molar-refractivity contribution in [3.63, 3.8) is 0 Å². The molecular weight excluding hydrogens is 487 g/mol. The third kappa shape index (κ3) is 4.93. The number of nitrogens with one attached hydrogen (secondary N) is 1. The third-order valence-electron chi connectivity index (χ3n) is 5.58. The van der Waals surface area contributed by atoms with Crippen LogP contribution in [0.1, 0.15) is 38.3 Å². The first-order valence-electron chi connectivity index (χ1n) is 9.82. The van der Waals surface area contributed by atoms with Crippen LogP contribution in [0.15, 0.2) is 23.2 Å². The van der Waals surface area contributed by atoms with Gasteiger partial charge in [-0.3, -0.25) is 0 Å². The zero-order valence-electron chi connectivity index (χ0n) is 17.4. The van der Waals surface area contributed by atoms with Crippen LogP contribution in [0, 0.1) is 0 Å². The lowest BCUT2D eigenvalue weighted by Gasteiger charge is -2.39. The molecule has 158 valence electrons. The largest absolute Gasteiger partial charge is 0.374 e. The number of guanidine groups is 1. The van der Waals surface area contributed by atoms with Gasteiger partial charge in [-0.25, -0.2) is 13.4 Å². The van der Waals surface area contributed by atoms with E-state index in [1.165, 1.54) is 23.2 Å². The number of anilines is 1. The highest BCUT2D eigenvalue weighted by Gasteiger charge is 2.40. The molecule has 2 aliphatic rings. The summed E-state index contributed by atoms with van der Waals surface area (Å²) in [6, 6.07) is 6.61. The van der Waals surface area contributed by atoms with Crippen LogP contribution in [-0.2, 0) is 22.8 Å². The molecule has 1 aromatic rings. The molecule has 2 heterocycles. The predicted molar refractivity (Wildman–Crippen MR) is 128 cm³/mol. The minimum absolute atomic E-state index is 0. The first-order chi connectivity index (χ1) is 12.7. The standard InChI is InChI=1S/C20H32N4O2S.HI/c1-5-21-19(24-11-12-27(25,26)20(2,3)15-24)22-14-16-8-9-18-17(13-16)7-6-10-23(18)4;/h8-9,13H,5-7,10-12,14-15H2,1-4H3,(H,21,22);1H. The second-order valence-electron chi connectivity index (χ2n) is 8.16. The Morgan fingerprint density at radius 2 is 2.04 bits per heavy atom. The number of halogens is 1. The Morgan fingerprint density at radius 1 is 1.29 bits per heavy atom. The maximum Gasteiger partial charge on any atom is 0.194 e. The molecule has 0 atom stereocenters. The normalized spacial score (nSPS) is 20.9. The molecule has 0 unspecified atom stereocenters. The Hall–Kier alpha value is -1.03. The fourth-order valence-electron chi connectivity index (χ4n) is 3.85. The summed E-state index contributed by atoms with van der Waals surface area (Å²) in [5, 5.41) is 3.33. The molecule has 0 amide bonds. The molecule has 1 N–H and O–H groups in total. The summed E-state index contributed by atoms with van der Waals surface area (Å²) in [6.45, 7) is 9.08. The molecule has 1 saturated heterocycles. The van der Waals surface area contributed by atoms with Crippen molar-refractivity contribution in [1.82, 2.24) is 10.2 Å². The van der Waals surface area contributed by atoms with Gasteiger partial charge in [0.2, 0.25) is 0 Å². The molecule has 28 heavy (non-hydrogen) atoms. The van der Waals surface area contributed by atoms with Crippen LogP contribution < -0.4 is 10.2 Å². The number of aryl methyl sites for hydroxylation is 1.